The fraction of sp³-hybridized carbons (Fsp3) is 0.118. The Morgan fingerprint density at radius 2 is 1.83 bits per heavy atom. The van der Waals surface area contributed by atoms with Crippen molar-refractivity contribution in [3.05, 3.63) is 74.8 Å². The van der Waals surface area contributed by atoms with Gasteiger partial charge in [0.2, 0.25) is 0 Å². The highest BCUT2D eigenvalue weighted by Gasteiger charge is 2.09. The summed E-state index contributed by atoms with van der Waals surface area (Å²) < 4.78 is 11.3. The molecule has 0 atom stereocenters. The van der Waals surface area contributed by atoms with E-state index in [2.05, 4.69) is 15.9 Å². The Bertz CT molecular complexity index is 743. The molecule has 0 spiro atoms. The number of hydrogen-bond acceptors (Lipinski definition) is 5. The standard InChI is InChI=1S/C17H14BrNO5/c18-14-6-8-15(9-7-14)23-11-12-24-17(20)10-5-13-3-1-2-4-16(13)19(21)22/h1-10H,11-12H2. The van der Waals surface area contributed by atoms with Crippen LogP contribution in [0.5, 0.6) is 5.75 Å². The minimum atomic E-state index is -0.590. The zero-order valence-corrected chi connectivity index (χ0v) is 14.1. The number of benzene rings is 2. The summed E-state index contributed by atoms with van der Waals surface area (Å²) in [5, 5.41) is 10.9. The van der Waals surface area contributed by atoms with Gasteiger partial charge in [0.05, 0.1) is 10.5 Å². The fourth-order valence-electron chi connectivity index (χ4n) is 1.83. The first-order valence-electron chi connectivity index (χ1n) is 7.03. The highest BCUT2D eigenvalue weighted by Crippen LogP contribution is 2.19. The first-order valence-corrected chi connectivity index (χ1v) is 7.82. The van der Waals surface area contributed by atoms with Gasteiger partial charge in [-0.3, -0.25) is 10.1 Å². The molecule has 24 heavy (non-hydrogen) atoms. The van der Waals surface area contributed by atoms with E-state index >= 15 is 0 Å². The third-order valence-corrected chi connectivity index (χ3v) is 3.47. The Morgan fingerprint density at radius 3 is 2.54 bits per heavy atom. The van der Waals surface area contributed by atoms with E-state index in [1.54, 1.807) is 30.3 Å². The summed E-state index contributed by atoms with van der Waals surface area (Å²) >= 11 is 3.32. The monoisotopic (exact) mass is 391 g/mol. The molecule has 0 fully saturated rings. The fourth-order valence-corrected chi connectivity index (χ4v) is 2.10. The number of ether oxygens (including phenoxy) is 2. The van der Waals surface area contributed by atoms with E-state index in [9.17, 15) is 14.9 Å². The van der Waals surface area contributed by atoms with E-state index in [0.29, 0.717) is 11.3 Å². The summed E-state index contributed by atoms with van der Waals surface area (Å²) in [6.45, 7) is 0.294. The molecule has 124 valence electrons. The van der Waals surface area contributed by atoms with Crippen molar-refractivity contribution in [1.82, 2.24) is 0 Å². The van der Waals surface area contributed by atoms with Gasteiger partial charge >= 0.3 is 5.97 Å². The van der Waals surface area contributed by atoms with Gasteiger partial charge in [0.25, 0.3) is 5.69 Å². The van der Waals surface area contributed by atoms with Gasteiger partial charge in [-0.15, -0.1) is 0 Å². The molecule has 0 aliphatic carbocycles. The number of carbonyl (C=O) groups is 1. The van der Waals surface area contributed by atoms with Gasteiger partial charge in [-0.05, 0) is 36.4 Å². The summed E-state index contributed by atoms with van der Waals surface area (Å²) in [5.74, 6) is 0.0808. The number of para-hydroxylation sites is 1. The van der Waals surface area contributed by atoms with E-state index in [-0.39, 0.29) is 18.9 Å². The maximum absolute atomic E-state index is 11.6. The zero-order valence-electron chi connectivity index (χ0n) is 12.6. The molecule has 0 unspecified atom stereocenters. The third-order valence-electron chi connectivity index (χ3n) is 2.94. The van der Waals surface area contributed by atoms with E-state index in [4.69, 9.17) is 9.47 Å². The maximum Gasteiger partial charge on any atom is 0.330 e. The van der Waals surface area contributed by atoms with Gasteiger partial charge in [0.1, 0.15) is 19.0 Å². The summed E-state index contributed by atoms with van der Waals surface area (Å²) in [6.07, 6.45) is 2.51. The molecule has 0 saturated carbocycles. The van der Waals surface area contributed by atoms with Gasteiger partial charge < -0.3 is 9.47 Å². The lowest BCUT2D eigenvalue weighted by atomic mass is 10.1. The second-order valence-corrected chi connectivity index (χ2v) is 5.53. The molecule has 2 aromatic carbocycles. The average Bonchev–Trinajstić information content (AvgIpc) is 2.58. The van der Waals surface area contributed by atoms with Gasteiger partial charge in [-0.2, -0.15) is 0 Å². The molecular weight excluding hydrogens is 378 g/mol. The highest BCUT2D eigenvalue weighted by atomic mass is 79.9. The Kier molecular flexibility index (Phi) is 6.51. The normalized spacial score (nSPS) is 10.5. The summed E-state index contributed by atoms with van der Waals surface area (Å²) in [7, 11) is 0. The molecule has 0 radical (unpaired) electrons. The minimum absolute atomic E-state index is 0.0693. The third kappa shape index (κ3) is 5.51. The zero-order chi connectivity index (χ0) is 17.4. The number of nitro groups is 1. The second kappa shape index (κ2) is 8.83. The van der Waals surface area contributed by atoms with E-state index < -0.39 is 10.9 Å². The van der Waals surface area contributed by atoms with Crippen LogP contribution < -0.4 is 4.74 Å². The maximum atomic E-state index is 11.6. The number of nitrogens with zero attached hydrogens (tertiary/aromatic N) is 1. The van der Waals surface area contributed by atoms with Crippen molar-refractivity contribution in [3.63, 3.8) is 0 Å². The molecular formula is C17H14BrNO5. The highest BCUT2D eigenvalue weighted by molar-refractivity contribution is 9.10. The smallest absolute Gasteiger partial charge is 0.330 e. The van der Waals surface area contributed by atoms with Crippen molar-refractivity contribution in [2.24, 2.45) is 0 Å². The van der Waals surface area contributed by atoms with Crippen LogP contribution in [-0.2, 0) is 9.53 Å². The first kappa shape index (κ1) is 17.7. The van der Waals surface area contributed by atoms with Crippen LogP contribution in [0.4, 0.5) is 5.69 Å². The van der Waals surface area contributed by atoms with Crippen LogP contribution in [0.1, 0.15) is 5.56 Å². The lowest BCUT2D eigenvalue weighted by Gasteiger charge is -2.06. The number of nitro benzene ring substituents is 1. The van der Waals surface area contributed by atoms with Crippen LogP contribution in [0.3, 0.4) is 0 Å². The molecule has 0 bridgehead atoms. The quantitative estimate of drug-likeness (QED) is 0.234. The Hall–Kier alpha value is -2.67. The molecule has 0 aromatic heterocycles. The van der Waals surface area contributed by atoms with Crippen LogP contribution >= 0.6 is 15.9 Å². The van der Waals surface area contributed by atoms with Crippen molar-refractivity contribution in [2.45, 2.75) is 0 Å². The number of carbonyl (C=O) groups excluding carboxylic acids is 1. The molecule has 2 rings (SSSR count). The molecule has 0 saturated heterocycles. The SMILES string of the molecule is O=C(C=Cc1ccccc1[N+](=O)[O-])OCCOc1ccc(Br)cc1. The first-order chi connectivity index (χ1) is 11.6. The Labute approximate surface area is 147 Å². The molecule has 6 nitrogen and oxygen atoms in total. The van der Waals surface area contributed by atoms with Gasteiger partial charge in [-0.1, -0.05) is 28.1 Å². The topological polar surface area (TPSA) is 78.7 Å². The van der Waals surface area contributed by atoms with Crippen LogP contribution in [0.15, 0.2) is 59.1 Å². The second-order valence-electron chi connectivity index (χ2n) is 4.62. The van der Waals surface area contributed by atoms with Gasteiger partial charge in [0, 0.05) is 16.6 Å². The van der Waals surface area contributed by atoms with Crippen LogP contribution in [0, 0.1) is 10.1 Å². The number of halogens is 1. The largest absolute Gasteiger partial charge is 0.490 e. The van der Waals surface area contributed by atoms with E-state index in [0.717, 1.165) is 10.5 Å². The van der Waals surface area contributed by atoms with Crippen LogP contribution in [0.2, 0.25) is 0 Å². The lowest BCUT2D eigenvalue weighted by Crippen LogP contribution is -2.10. The number of rotatable bonds is 7. The lowest BCUT2D eigenvalue weighted by molar-refractivity contribution is -0.385. The summed E-state index contributed by atoms with van der Waals surface area (Å²) in [4.78, 5) is 22.0. The summed E-state index contributed by atoms with van der Waals surface area (Å²) in [5.41, 5.74) is 0.269. The van der Waals surface area contributed by atoms with Crippen molar-refractivity contribution < 1.29 is 19.2 Å². The Balaban J connectivity index is 1.79. The van der Waals surface area contributed by atoms with E-state index in [1.165, 1.54) is 12.1 Å². The molecule has 0 amide bonds. The average molecular weight is 392 g/mol. The van der Waals surface area contributed by atoms with Crippen molar-refractivity contribution in [1.29, 1.82) is 0 Å². The Morgan fingerprint density at radius 1 is 1.12 bits per heavy atom. The number of hydrogen-bond donors (Lipinski definition) is 0. The van der Waals surface area contributed by atoms with Crippen molar-refractivity contribution in [3.8, 4) is 5.75 Å². The molecule has 0 N–H and O–H groups in total. The van der Waals surface area contributed by atoms with Crippen molar-refractivity contribution >= 4 is 33.7 Å². The molecule has 0 aliphatic heterocycles. The molecule has 7 heteroatoms. The van der Waals surface area contributed by atoms with Crippen LogP contribution in [-0.4, -0.2) is 24.1 Å². The molecule has 0 aliphatic rings. The molecule has 2 aromatic rings. The summed E-state index contributed by atoms with van der Waals surface area (Å²) in [6, 6.07) is 13.4. The van der Waals surface area contributed by atoms with Gasteiger partial charge in [0.15, 0.2) is 0 Å². The van der Waals surface area contributed by atoms with Crippen molar-refractivity contribution in [2.75, 3.05) is 13.2 Å². The minimum Gasteiger partial charge on any atom is -0.490 e. The number of esters is 1. The van der Waals surface area contributed by atoms with Gasteiger partial charge in [-0.25, -0.2) is 4.79 Å². The predicted molar refractivity (Wildman–Crippen MR) is 92.7 cm³/mol. The van der Waals surface area contributed by atoms with E-state index in [1.807, 2.05) is 12.1 Å². The van der Waals surface area contributed by atoms with Crippen LogP contribution in [0.25, 0.3) is 6.08 Å². The predicted octanol–water partition coefficient (Wildman–Crippen LogP) is 3.99. The molecule has 0 heterocycles.